The molecule has 0 saturated carbocycles. The Balaban J connectivity index is 2.06. The molecule has 18 heavy (non-hydrogen) atoms. The van der Waals surface area contributed by atoms with Crippen molar-refractivity contribution in [3.8, 4) is 5.75 Å². The first-order valence-electron chi connectivity index (χ1n) is 5.39. The summed E-state index contributed by atoms with van der Waals surface area (Å²) in [5.74, 6) is 0.224. The molecule has 0 unspecified atom stereocenters. The Labute approximate surface area is 109 Å². The first kappa shape index (κ1) is 12.7. The van der Waals surface area contributed by atoms with Gasteiger partial charge in [0.1, 0.15) is 6.61 Å². The summed E-state index contributed by atoms with van der Waals surface area (Å²) in [6.45, 7) is 0.0887. The number of hydrogen-bond acceptors (Lipinski definition) is 3. The molecule has 94 valence electrons. The van der Waals surface area contributed by atoms with E-state index in [4.69, 9.17) is 21.4 Å². The van der Waals surface area contributed by atoms with Crippen molar-refractivity contribution in [1.82, 2.24) is 4.98 Å². The highest BCUT2D eigenvalue weighted by molar-refractivity contribution is 6.30. The van der Waals surface area contributed by atoms with Crippen molar-refractivity contribution in [2.45, 2.75) is 13.2 Å². The van der Waals surface area contributed by atoms with E-state index >= 15 is 0 Å². The predicted molar refractivity (Wildman–Crippen MR) is 68.8 cm³/mol. The highest BCUT2D eigenvalue weighted by Crippen LogP contribution is 2.11. The molecule has 0 amide bonds. The number of halogens is 1. The van der Waals surface area contributed by atoms with Crippen LogP contribution in [0.5, 0.6) is 5.75 Å². The van der Waals surface area contributed by atoms with Crippen molar-refractivity contribution < 1.29 is 9.84 Å². The average Bonchev–Trinajstić information content (AvgIpc) is 2.39. The number of H-pyrrole nitrogens is 1. The minimum absolute atomic E-state index is 0.202. The van der Waals surface area contributed by atoms with E-state index in [1.165, 1.54) is 12.3 Å². The lowest BCUT2D eigenvalue weighted by Crippen LogP contribution is -2.09. The fourth-order valence-electron chi connectivity index (χ4n) is 1.45. The van der Waals surface area contributed by atoms with Gasteiger partial charge in [0.2, 0.25) is 5.43 Å². The van der Waals surface area contributed by atoms with Gasteiger partial charge in [-0.25, -0.2) is 0 Å². The van der Waals surface area contributed by atoms with Crippen LogP contribution in [0.25, 0.3) is 0 Å². The maximum absolute atomic E-state index is 11.6. The van der Waals surface area contributed by atoms with Gasteiger partial charge in [0.05, 0.1) is 6.61 Å². The van der Waals surface area contributed by atoms with Gasteiger partial charge < -0.3 is 14.8 Å². The van der Waals surface area contributed by atoms with Crippen molar-refractivity contribution in [3.63, 3.8) is 0 Å². The Morgan fingerprint density at radius 2 is 2.00 bits per heavy atom. The maximum atomic E-state index is 11.6. The molecule has 0 aliphatic carbocycles. The summed E-state index contributed by atoms with van der Waals surface area (Å²) >= 11 is 5.77. The number of pyridine rings is 1. The van der Waals surface area contributed by atoms with E-state index in [2.05, 4.69) is 4.98 Å². The van der Waals surface area contributed by atoms with Gasteiger partial charge in [-0.1, -0.05) is 23.7 Å². The Kier molecular flexibility index (Phi) is 4.02. The normalized spacial score (nSPS) is 10.3. The highest BCUT2D eigenvalue weighted by Gasteiger charge is 2.02. The highest BCUT2D eigenvalue weighted by atomic mass is 35.5. The van der Waals surface area contributed by atoms with Crippen LogP contribution in [0.4, 0.5) is 0 Å². The van der Waals surface area contributed by atoms with E-state index in [1.807, 2.05) is 12.1 Å². The molecular formula is C13H12ClNO3. The van der Waals surface area contributed by atoms with Crippen molar-refractivity contribution in [2.24, 2.45) is 0 Å². The molecule has 1 heterocycles. The van der Waals surface area contributed by atoms with Crippen LogP contribution in [0.3, 0.4) is 0 Å². The Morgan fingerprint density at radius 1 is 1.28 bits per heavy atom. The summed E-state index contributed by atoms with van der Waals surface area (Å²) in [5.41, 5.74) is 1.12. The topological polar surface area (TPSA) is 62.3 Å². The number of benzene rings is 1. The first-order valence-corrected chi connectivity index (χ1v) is 5.76. The second-order valence-corrected chi connectivity index (χ2v) is 4.20. The largest absolute Gasteiger partial charge is 0.483 e. The lowest BCUT2D eigenvalue weighted by Gasteiger charge is -2.06. The standard InChI is InChI=1S/C13H12ClNO3/c14-10-3-1-9(2-4-10)8-18-13-6-15-11(7-16)5-12(13)17/h1-6,16H,7-8H2,(H,15,17). The van der Waals surface area contributed by atoms with Gasteiger partial charge in [-0.3, -0.25) is 4.79 Å². The third-order valence-electron chi connectivity index (χ3n) is 2.41. The summed E-state index contributed by atoms with van der Waals surface area (Å²) in [6.07, 6.45) is 1.45. The molecule has 2 aromatic rings. The molecule has 0 atom stereocenters. The van der Waals surface area contributed by atoms with E-state index < -0.39 is 0 Å². The zero-order chi connectivity index (χ0) is 13.0. The third-order valence-corrected chi connectivity index (χ3v) is 2.67. The fourth-order valence-corrected chi connectivity index (χ4v) is 1.57. The second-order valence-electron chi connectivity index (χ2n) is 3.76. The molecule has 4 nitrogen and oxygen atoms in total. The zero-order valence-electron chi connectivity index (χ0n) is 9.52. The van der Waals surface area contributed by atoms with Gasteiger partial charge in [-0.15, -0.1) is 0 Å². The van der Waals surface area contributed by atoms with Crippen molar-refractivity contribution in [1.29, 1.82) is 0 Å². The van der Waals surface area contributed by atoms with Gasteiger partial charge in [-0.2, -0.15) is 0 Å². The number of aromatic amines is 1. The van der Waals surface area contributed by atoms with Gasteiger partial charge in [0.25, 0.3) is 0 Å². The molecule has 0 aliphatic rings. The van der Waals surface area contributed by atoms with Crippen LogP contribution < -0.4 is 10.2 Å². The molecule has 2 N–H and O–H groups in total. The van der Waals surface area contributed by atoms with Gasteiger partial charge in [0.15, 0.2) is 5.75 Å². The molecule has 0 fully saturated rings. The summed E-state index contributed by atoms with van der Waals surface area (Å²) in [5, 5.41) is 9.52. The molecule has 2 rings (SSSR count). The summed E-state index contributed by atoms with van der Waals surface area (Å²) < 4.78 is 5.39. The van der Waals surface area contributed by atoms with Crippen LogP contribution in [0.1, 0.15) is 11.3 Å². The summed E-state index contributed by atoms with van der Waals surface area (Å²) in [7, 11) is 0. The lowest BCUT2D eigenvalue weighted by molar-refractivity contribution is 0.274. The van der Waals surface area contributed by atoms with E-state index in [0.29, 0.717) is 17.3 Å². The number of aliphatic hydroxyl groups is 1. The SMILES string of the molecule is O=c1cc(CO)[nH]cc1OCc1ccc(Cl)cc1. The van der Waals surface area contributed by atoms with Crippen LogP contribution in [-0.4, -0.2) is 10.1 Å². The van der Waals surface area contributed by atoms with Crippen molar-refractivity contribution >= 4 is 11.6 Å². The third kappa shape index (κ3) is 3.12. The molecule has 5 heteroatoms. The van der Waals surface area contributed by atoms with E-state index in [0.717, 1.165) is 5.56 Å². The van der Waals surface area contributed by atoms with Crippen LogP contribution in [0, 0.1) is 0 Å². The zero-order valence-corrected chi connectivity index (χ0v) is 10.3. The lowest BCUT2D eigenvalue weighted by atomic mass is 10.2. The van der Waals surface area contributed by atoms with Crippen LogP contribution in [-0.2, 0) is 13.2 Å². The molecule has 0 spiro atoms. The number of rotatable bonds is 4. The number of ether oxygens (including phenoxy) is 1. The Bertz CT molecular complexity index is 578. The molecular weight excluding hydrogens is 254 g/mol. The summed E-state index contributed by atoms with van der Waals surface area (Å²) in [4.78, 5) is 14.4. The number of hydrogen-bond donors (Lipinski definition) is 2. The minimum atomic E-state index is -0.258. The van der Waals surface area contributed by atoms with E-state index in [1.54, 1.807) is 12.1 Å². The van der Waals surface area contributed by atoms with Gasteiger partial charge >= 0.3 is 0 Å². The van der Waals surface area contributed by atoms with Crippen molar-refractivity contribution in [3.05, 3.63) is 63.0 Å². The maximum Gasteiger partial charge on any atom is 0.223 e. The monoisotopic (exact) mass is 265 g/mol. The van der Waals surface area contributed by atoms with Crippen LogP contribution in [0.2, 0.25) is 5.02 Å². The van der Waals surface area contributed by atoms with E-state index in [9.17, 15) is 4.79 Å². The van der Waals surface area contributed by atoms with Gasteiger partial charge in [0, 0.05) is 23.0 Å². The molecule has 1 aromatic carbocycles. The minimum Gasteiger partial charge on any atom is -0.483 e. The van der Waals surface area contributed by atoms with Crippen LogP contribution >= 0.6 is 11.6 Å². The van der Waals surface area contributed by atoms with E-state index in [-0.39, 0.29) is 17.8 Å². The average molecular weight is 266 g/mol. The number of aromatic nitrogens is 1. The van der Waals surface area contributed by atoms with Crippen LogP contribution in [0.15, 0.2) is 41.3 Å². The van der Waals surface area contributed by atoms with Crippen molar-refractivity contribution in [2.75, 3.05) is 0 Å². The predicted octanol–water partition coefficient (Wildman–Crippen LogP) is 2.10. The second kappa shape index (κ2) is 5.71. The Hall–Kier alpha value is -1.78. The number of aliphatic hydroxyl groups excluding tert-OH is 1. The molecule has 0 saturated heterocycles. The quantitative estimate of drug-likeness (QED) is 0.890. The Morgan fingerprint density at radius 3 is 2.61 bits per heavy atom. The first-order chi connectivity index (χ1) is 8.69. The number of nitrogens with one attached hydrogen (secondary N) is 1. The smallest absolute Gasteiger partial charge is 0.223 e. The molecule has 0 aliphatic heterocycles. The molecule has 1 aromatic heterocycles. The summed E-state index contributed by atoms with van der Waals surface area (Å²) in [6, 6.07) is 8.51. The molecule has 0 bridgehead atoms. The molecule has 0 radical (unpaired) electrons. The fraction of sp³-hybridized carbons (Fsp3) is 0.154. The van der Waals surface area contributed by atoms with Gasteiger partial charge in [-0.05, 0) is 17.7 Å².